The van der Waals surface area contributed by atoms with Crippen LogP contribution in [0.2, 0.25) is 0 Å². The lowest BCUT2D eigenvalue weighted by Gasteiger charge is -2.13. The number of rotatable bonds is 0. The van der Waals surface area contributed by atoms with E-state index < -0.39 is 0 Å². The molecule has 0 fully saturated rings. The minimum Gasteiger partial charge on any atom is -0.505 e. The first-order valence-corrected chi connectivity index (χ1v) is 5.91. The second-order valence-electron chi connectivity index (χ2n) is 4.75. The molecule has 0 unspecified atom stereocenters. The number of aromatic hydroxyl groups is 2. The zero-order valence-corrected chi connectivity index (χ0v) is 10.5. The number of hydrogen-bond acceptors (Lipinski definition) is 6. The fraction of sp³-hybridized carbons (Fsp3) is 0. The molecule has 102 valence electrons. The summed E-state index contributed by atoms with van der Waals surface area (Å²) in [5, 5.41) is 22.3. The summed E-state index contributed by atoms with van der Waals surface area (Å²) >= 11 is 0. The highest BCUT2D eigenvalue weighted by molar-refractivity contribution is 6.12. The van der Waals surface area contributed by atoms with E-state index in [1.807, 2.05) is 0 Å². The van der Waals surface area contributed by atoms with Gasteiger partial charge in [-0.1, -0.05) is 0 Å². The Bertz CT molecular complexity index is 875. The Kier molecular flexibility index (Phi) is 2.25. The number of phenols is 2. The number of nitrogen functional groups attached to an aromatic ring is 4. The summed E-state index contributed by atoms with van der Waals surface area (Å²) < 4.78 is 0. The molecule has 0 saturated heterocycles. The second-order valence-corrected chi connectivity index (χ2v) is 4.75. The number of hydrogen-bond donors (Lipinski definition) is 6. The molecular weight excluding hydrogens is 256 g/mol. The van der Waals surface area contributed by atoms with Gasteiger partial charge in [0.2, 0.25) is 0 Å². The average Bonchev–Trinajstić information content (AvgIpc) is 2.41. The van der Waals surface area contributed by atoms with Crippen molar-refractivity contribution >= 4 is 44.3 Å². The van der Waals surface area contributed by atoms with Crippen molar-refractivity contribution in [2.75, 3.05) is 22.9 Å². The third kappa shape index (κ3) is 1.45. The van der Waals surface area contributed by atoms with Gasteiger partial charge in [0.25, 0.3) is 0 Å². The molecule has 3 aromatic rings. The van der Waals surface area contributed by atoms with Gasteiger partial charge < -0.3 is 33.1 Å². The van der Waals surface area contributed by atoms with Crippen LogP contribution in [0.5, 0.6) is 11.5 Å². The van der Waals surface area contributed by atoms with Gasteiger partial charge in [-0.2, -0.15) is 0 Å². The van der Waals surface area contributed by atoms with Gasteiger partial charge in [0, 0.05) is 27.5 Å². The Morgan fingerprint density at radius 2 is 1.35 bits per heavy atom. The summed E-state index contributed by atoms with van der Waals surface area (Å²) in [5.74, 6) is -0.544. The van der Waals surface area contributed by atoms with Crippen LogP contribution in [0.25, 0.3) is 21.5 Å². The molecule has 0 spiro atoms. The molecule has 0 aliphatic carbocycles. The third-order valence-electron chi connectivity index (χ3n) is 3.46. The predicted molar refractivity (Wildman–Crippen MR) is 82.4 cm³/mol. The highest BCUT2D eigenvalue weighted by Crippen LogP contribution is 2.45. The molecule has 3 rings (SSSR count). The number of anilines is 4. The Morgan fingerprint density at radius 3 is 2.05 bits per heavy atom. The van der Waals surface area contributed by atoms with Crippen LogP contribution in [0.1, 0.15) is 0 Å². The minimum atomic E-state index is -0.330. The molecule has 0 atom stereocenters. The van der Waals surface area contributed by atoms with E-state index in [0.29, 0.717) is 22.1 Å². The summed E-state index contributed by atoms with van der Waals surface area (Å²) in [6.45, 7) is 0. The Hall–Kier alpha value is -3.02. The zero-order chi connectivity index (χ0) is 14.6. The van der Waals surface area contributed by atoms with Crippen molar-refractivity contribution in [2.45, 2.75) is 0 Å². The van der Waals surface area contributed by atoms with Crippen LogP contribution in [0.4, 0.5) is 22.7 Å². The standard InChI is InChI=1S/C14H14N4O2/c15-6-1-5-2-9-8(4-7(5)10(16)3-6)11(17)14(20)12(18)13(9)19/h1-4,19-20H,15-18H2. The first kappa shape index (κ1) is 12.0. The van der Waals surface area contributed by atoms with E-state index in [2.05, 4.69) is 0 Å². The largest absolute Gasteiger partial charge is 0.505 e. The van der Waals surface area contributed by atoms with Crippen molar-refractivity contribution in [3.63, 3.8) is 0 Å². The molecule has 0 aliphatic heterocycles. The quantitative estimate of drug-likeness (QED) is 0.159. The molecule has 0 bridgehead atoms. The van der Waals surface area contributed by atoms with Crippen molar-refractivity contribution in [3.8, 4) is 11.5 Å². The molecule has 6 heteroatoms. The lowest BCUT2D eigenvalue weighted by Crippen LogP contribution is -1.96. The van der Waals surface area contributed by atoms with E-state index in [1.54, 1.807) is 24.3 Å². The maximum Gasteiger partial charge on any atom is 0.166 e. The van der Waals surface area contributed by atoms with E-state index >= 15 is 0 Å². The minimum absolute atomic E-state index is 0.105. The third-order valence-corrected chi connectivity index (χ3v) is 3.46. The average molecular weight is 270 g/mol. The van der Waals surface area contributed by atoms with Crippen LogP contribution < -0.4 is 22.9 Å². The predicted octanol–water partition coefficient (Wildman–Crippen LogP) is 1.73. The topological polar surface area (TPSA) is 145 Å². The van der Waals surface area contributed by atoms with E-state index in [0.717, 1.165) is 10.8 Å². The monoisotopic (exact) mass is 270 g/mol. The summed E-state index contributed by atoms with van der Waals surface area (Å²) in [7, 11) is 0. The van der Waals surface area contributed by atoms with Crippen LogP contribution in [-0.4, -0.2) is 10.2 Å². The maximum absolute atomic E-state index is 10.1. The van der Waals surface area contributed by atoms with Gasteiger partial charge in [-0.3, -0.25) is 0 Å². The molecule has 20 heavy (non-hydrogen) atoms. The van der Waals surface area contributed by atoms with E-state index in [-0.39, 0.29) is 22.9 Å². The molecule has 3 aromatic carbocycles. The first-order chi connectivity index (χ1) is 9.40. The van der Waals surface area contributed by atoms with Crippen LogP contribution in [0.15, 0.2) is 24.3 Å². The highest BCUT2D eigenvalue weighted by Gasteiger charge is 2.16. The molecule has 6 nitrogen and oxygen atoms in total. The normalized spacial score (nSPS) is 11.2. The van der Waals surface area contributed by atoms with Crippen LogP contribution in [-0.2, 0) is 0 Å². The molecular formula is C14H14N4O2. The van der Waals surface area contributed by atoms with Crippen molar-refractivity contribution in [1.29, 1.82) is 0 Å². The second kappa shape index (κ2) is 3.74. The van der Waals surface area contributed by atoms with Crippen molar-refractivity contribution < 1.29 is 10.2 Å². The summed E-state index contributed by atoms with van der Waals surface area (Å²) in [5.41, 5.74) is 24.1. The van der Waals surface area contributed by atoms with Crippen molar-refractivity contribution in [1.82, 2.24) is 0 Å². The van der Waals surface area contributed by atoms with Crippen LogP contribution >= 0.6 is 0 Å². The molecule has 0 aliphatic rings. The van der Waals surface area contributed by atoms with E-state index in [9.17, 15) is 10.2 Å². The number of benzene rings is 3. The van der Waals surface area contributed by atoms with E-state index in [1.165, 1.54) is 0 Å². The molecule has 0 saturated carbocycles. The number of nitrogens with two attached hydrogens (primary N) is 4. The number of phenolic OH excluding ortho intramolecular Hbond substituents is 2. The van der Waals surface area contributed by atoms with Gasteiger partial charge in [0.1, 0.15) is 11.4 Å². The first-order valence-electron chi connectivity index (χ1n) is 5.91. The van der Waals surface area contributed by atoms with Crippen molar-refractivity contribution in [3.05, 3.63) is 24.3 Å². The molecule has 0 heterocycles. The van der Waals surface area contributed by atoms with Gasteiger partial charge >= 0.3 is 0 Å². The molecule has 10 N–H and O–H groups in total. The fourth-order valence-corrected chi connectivity index (χ4v) is 2.41. The maximum atomic E-state index is 10.1. The smallest absolute Gasteiger partial charge is 0.166 e. The summed E-state index contributed by atoms with van der Waals surface area (Å²) in [6, 6.07) is 6.78. The summed E-state index contributed by atoms with van der Waals surface area (Å²) in [6.07, 6.45) is 0. The van der Waals surface area contributed by atoms with Crippen molar-refractivity contribution in [2.24, 2.45) is 0 Å². The molecule has 0 aromatic heterocycles. The van der Waals surface area contributed by atoms with Gasteiger partial charge in [-0.15, -0.1) is 0 Å². The van der Waals surface area contributed by atoms with Gasteiger partial charge in [-0.25, -0.2) is 0 Å². The van der Waals surface area contributed by atoms with Gasteiger partial charge in [-0.05, 0) is 29.7 Å². The fourth-order valence-electron chi connectivity index (χ4n) is 2.41. The highest BCUT2D eigenvalue weighted by atomic mass is 16.3. The Labute approximate surface area is 114 Å². The molecule has 0 amide bonds. The Morgan fingerprint density at radius 1 is 0.650 bits per heavy atom. The zero-order valence-electron chi connectivity index (χ0n) is 10.5. The van der Waals surface area contributed by atoms with E-state index in [4.69, 9.17) is 22.9 Å². The Balaban J connectivity index is 2.58. The lowest BCUT2D eigenvalue weighted by molar-refractivity contribution is 0.461. The molecule has 0 radical (unpaired) electrons. The van der Waals surface area contributed by atoms with Crippen LogP contribution in [0.3, 0.4) is 0 Å². The summed E-state index contributed by atoms with van der Waals surface area (Å²) in [4.78, 5) is 0. The SMILES string of the molecule is Nc1cc(N)c2cc3c(N)c(O)c(N)c(O)c3cc2c1. The van der Waals surface area contributed by atoms with Gasteiger partial charge in [0.15, 0.2) is 5.75 Å². The van der Waals surface area contributed by atoms with Gasteiger partial charge in [0.05, 0.1) is 5.69 Å². The lowest BCUT2D eigenvalue weighted by atomic mass is 9.99. The number of fused-ring (bicyclic) bond motifs is 2. The van der Waals surface area contributed by atoms with Crippen LogP contribution in [0, 0.1) is 0 Å².